The lowest BCUT2D eigenvalue weighted by atomic mass is 10.00. The van der Waals surface area contributed by atoms with Gasteiger partial charge in [0.1, 0.15) is 0 Å². The van der Waals surface area contributed by atoms with Crippen LogP contribution in [-0.4, -0.2) is 22.0 Å². The molecule has 0 aromatic heterocycles. The highest BCUT2D eigenvalue weighted by Crippen LogP contribution is 2.39. The van der Waals surface area contributed by atoms with E-state index < -0.39 is 0 Å². The molecule has 0 aromatic rings. The van der Waals surface area contributed by atoms with E-state index in [1.165, 1.54) is 37.2 Å². The number of hydrogen-bond donors (Lipinski definition) is 0. The van der Waals surface area contributed by atoms with E-state index in [9.17, 15) is 0 Å². The second-order valence-electron chi connectivity index (χ2n) is 3.10. The van der Waals surface area contributed by atoms with Gasteiger partial charge in [-0.1, -0.05) is 12.8 Å². The molecule has 0 radical (unpaired) electrons. The Morgan fingerprint density at radius 2 is 1.30 bits per heavy atom. The maximum Gasteiger partial charge on any atom is 0.0166 e. The van der Waals surface area contributed by atoms with Crippen LogP contribution in [-0.2, 0) is 0 Å². The second-order valence-corrected chi connectivity index (χ2v) is 5.80. The molecule has 1 aliphatic carbocycles. The van der Waals surface area contributed by atoms with Crippen LogP contribution < -0.4 is 0 Å². The molecule has 10 heavy (non-hydrogen) atoms. The first kappa shape index (κ1) is 7.35. The molecule has 1 saturated carbocycles. The fraction of sp³-hybridized carbons (Fsp3) is 1.00. The number of rotatable bonds is 0. The minimum Gasteiger partial charge on any atom is -0.157 e. The summed E-state index contributed by atoms with van der Waals surface area (Å²) < 4.78 is 0. The van der Waals surface area contributed by atoms with Crippen molar-refractivity contribution in [2.24, 2.45) is 0 Å². The number of thioether (sulfide) groups is 2. The van der Waals surface area contributed by atoms with Crippen molar-refractivity contribution in [3.8, 4) is 0 Å². The van der Waals surface area contributed by atoms with E-state index in [1.54, 1.807) is 0 Å². The highest BCUT2D eigenvalue weighted by atomic mass is 32.2. The van der Waals surface area contributed by atoms with Crippen molar-refractivity contribution in [2.75, 3.05) is 11.5 Å². The van der Waals surface area contributed by atoms with Crippen LogP contribution >= 0.6 is 23.5 Å². The maximum absolute atomic E-state index is 2.23. The zero-order valence-electron chi connectivity index (χ0n) is 6.21. The Morgan fingerprint density at radius 3 is 1.80 bits per heavy atom. The van der Waals surface area contributed by atoms with Gasteiger partial charge >= 0.3 is 0 Å². The van der Waals surface area contributed by atoms with E-state index in [-0.39, 0.29) is 0 Å². The van der Waals surface area contributed by atoms with Crippen LogP contribution in [0.15, 0.2) is 0 Å². The van der Waals surface area contributed by atoms with Crippen molar-refractivity contribution in [1.82, 2.24) is 0 Å². The SMILES string of the molecule is C1CC[C@H]2SCCS[C@@H]2C1. The molecule has 58 valence electrons. The molecule has 2 heteroatoms. The van der Waals surface area contributed by atoms with Gasteiger partial charge in [0.05, 0.1) is 0 Å². The lowest BCUT2D eigenvalue weighted by Crippen LogP contribution is -2.28. The van der Waals surface area contributed by atoms with E-state index in [0.717, 1.165) is 10.5 Å². The molecule has 0 unspecified atom stereocenters. The summed E-state index contributed by atoms with van der Waals surface area (Å²) in [6.45, 7) is 0. The Hall–Kier alpha value is 0.700. The minimum atomic E-state index is 1.03. The summed E-state index contributed by atoms with van der Waals surface area (Å²) in [6.07, 6.45) is 5.99. The molecule has 1 heterocycles. The first-order valence-corrected chi connectivity index (χ1v) is 6.30. The van der Waals surface area contributed by atoms with Gasteiger partial charge in [0, 0.05) is 22.0 Å². The summed E-state index contributed by atoms with van der Waals surface area (Å²) in [6, 6.07) is 0. The van der Waals surface area contributed by atoms with Crippen molar-refractivity contribution in [1.29, 1.82) is 0 Å². The standard InChI is InChI=1S/C8H14S2/c1-2-4-8-7(3-1)9-5-6-10-8/h7-8H,1-6H2/t7-,8-/m1/s1. The van der Waals surface area contributed by atoms with Gasteiger partial charge in [-0.25, -0.2) is 0 Å². The zero-order chi connectivity index (χ0) is 6.81. The van der Waals surface area contributed by atoms with Crippen molar-refractivity contribution in [2.45, 2.75) is 36.2 Å². The zero-order valence-corrected chi connectivity index (χ0v) is 7.85. The third-order valence-corrected chi connectivity index (χ3v) is 5.68. The van der Waals surface area contributed by atoms with Crippen molar-refractivity contribution >= 4 is 23.5 Å². The first-order valence-electron chi connectivity index (χ1n) is 4.20. The Bertz CT molecular complexity index is 87.8. The molecule has 2 aliphatic rings. The monoisotopic (exact) mass is 174 g/mol. The summed E-state index contributed by atoms with van der Waals surface area (Å²) in [7, 11) is 0. The van der Waals surface area contributed by atoms with Gasteiger partial charge in [-0.05, 0) is 12.8 Å². The molecule has 0 nitrogen and oxygen atoms in total. The average molecular weight is 174 g/mol. The molecule has 0 bridgehead atoms. The van der Waals surface area contributed by atoms with Crippen LogP contribution in [0.5, 0.6) is 0 Å². The predicted octanol–water partition coefficient (Wildman–Crippen LogP) is 2.78. The van der Waals surface area contributed by atoms with E-state index in [0.29, 0.717) is 0 Å². The van der Waals surface area contributed by atoms with Gasteiger partial charge in [0.2, 0.25) is 0 Å². The van der Waals surface area contributed by atoms with Crippen molar-refractivity contribution in [3.63, 3.8) is 0 Å². The van der Waals surface area contributed by atoms with Crippen LogP contribution in [0.4, 0.5) is 0 Å². The predicted molar refractivity (Wildman–Crippen MR) is 51.0 cm³/mol. The van der Waals surface area contributed by atoms with Crippen molar-refractivity contribution in [3.05, 3.63) is 0 Å². The van der Waals surface area contributed by atoms with Crippen LogP contribution in [0, 0.1) is 0 Å². The lowest BCUT2D eigenvalue weighted by molar-refractivity contribution is 0.526. The van der Waals surface area contributed by atoms with Crippen molar-refractivity contribution < 1.29 is 0 Å². The molecule has 2 fully saturated rings. The normalized spacial score (nSPS) is 40.8. The lowest BCUT2D eigenvalue weighted by Gasteiger charge is -2.34. The third kappa shape index (κ3) is 1.48. The van der Waals surface area contributed by atoms with Gasteiger partial charge in [-0.3, -0.25) is 0 Å². The van der Waals surface area contributed by atoms with Gasteiger partial charge < -0.3 is 0 Å². The molecule has 0 spiro atoms. The molecule has 0 amide bonds. The van der Waals surface area contributed by atoms with E-state index in [1.807, 2.05) is 0 Å². The van der Waals surface area contributed by atoms with E-state index >= 15 is 0 Å². The summed E-state index contributed by atoms with van der Waals surface area (Å²) in [5.74, 6) is 2.82. The molecular formula is C8H14S2. The maximum atomic E-state index is 2.23. The van der Waals surface area contributed by atoms with Gasteiger partial charge in [0.25, 0.3) is 0 Å². The van der Waals surface area contributed by atoms with Gasteiger partial charge in [0.15, 0.2) is 0 Å². The summed E-state index contributed by atoms with van der Waals surface area (Å²) in [5, 5.41) is 2.07. The summed E-state index contributed by atoms with van der Waals surface area (Å²) in [5.41, 5.74) is 0. The third-order valence-electron chi connectivity index (χ3n) is 2.39. The highest BCUT2D eigenvalue weighted by molar-refractivity contribution is 8.07. The first-order chi connectivity index (χ1) is 4.97. The van der Waals surface area contributed by atoms with Crippen LogP contribution in [0.2, 0.25) is 0 Å². The quantitative estimate of drug-likeness (QED) is 0.554. The fourth-order valence-corrected chi connectivity index (χ4v) is 5.06. The second kappa shape index (κ2) is 3.40. The van der Waals surface area contributed by atoms with Crippen LogP contribution in [0.3, 0.4) is 0 Å². The molecular weight excluding hydrogens is 160 g/mol. The Kier molecular flexibility index (Phi) is 2.50. The smallest absolute Gasteiger partial charge is 0.0166 e. The Balaban J connectivity index is 1.93. The molecule has 1 aliphatic heterocycles. The summed E-state index contributed by atoms with van der Waals surface area (Å²) >= 11 is 4.45. The molecule has 2 rings (SSSR count). The van der Waals surface area contributed by atoms with Crippen LogP contribution in [0.1, 0.15) is 25.7 Å². The molecule has 0 aromatic carbocycles. The molecule has 2 atom stereocenters. The largest absolute Gasteiger partial charge is 0.157 e. The topological polar surface area (TPSA) is 0 Å². The van der Waals surface area contributed by atoms with E-state index in [4.69, 9.17) is 0 Å². The average Bonchev–Trinajstić information content (AvgIpc) is 2.05. The highest BCUT2D eigenvalue weighted by Gasteiger charge is 2.28. The minimum absolute atomic E-state index is 1.03. The van der Waals surface area contributed by atoms with Gasteiger partial charge in [-0.2, -0.15) is 23.5 Å². The van der Waals surface area contributed by atoms with E-state index in [2.05, 4.69) is 23.5 Å². The molecule has 1 saturated heterocycles. The number of fused-ring (bicyclic) bond motifs is 1. The Morgan fingerprint density at radius 1 is 0.800 bits per heavy atom. The Labute approximate surface area is 71.5 Å². The summed E-state index contributed by atoms with van der Waals surface area (Å²) in [4.78, 5) is 0. The number of hydrogen-bond acceptors (Lipinski definition) is 2. The fourth-order valence-electron chi connectivity index (χ4n) is 1.84. The molecule has 0 N–H and O–H groups in total. The van der Waals surface area contributed by atoms with Crippen LogP contribution in [0.25, 0.3) is 0 Å². The van der Waals surface area contributed by atoms with Gasteiger partial charge in [-0.15, -0.1) is 0 Å².